The fraction of sp³-hybridized carbons (Fsp3) is 0.286. The number of hydrogen-bond acceptors (Lipinski definition) is 5. The molecule has 2 heterocycles. The monoisotopic (exact) mass is 423 g/mol. The summed E-state index contributed by atoms with van der Waals surface area (Å²) in [4.78, 5) is 25.4. The number of tetrazole rings is 1. The number of benzene rings is 2. The van der Waals surface area contributed by atoms with E-state index >= 15 is 0 Å². The highest BCUT2D eigenvalue weighted by atomic mass is 19.1. The van der Waals surface area contributed by atoms with E-state index in [0.29, 0.717) is 18.1 Å². The van der Waals surface area contributed by atoms with Gasteiger partial charge in [0.05, 0.1) is 22.4 Å². The number of carbonyl (C=O) groups excluding carboxylic acids is 1. The molecule has 0 spiro atoms. The van der Waals surface area contributed by atoms with Crippen LogP contribution >= 0.6 is 0 Å². The summed E-state index contributed by atoms with van der Waals surface area (Å²) < 4.78 is 19.0. The number of fused-ring (bicyclic) bond motifs is 1. The molecule has 0 aliphatic heterocycles. The molecular formula is C21H22FN7O2. The molecular weight excluding hydrogens is 401 g/mol. The summed E-state index contributed by atoms with van der Waals surface area (Å²) >= 11 is 0. The van der Waals surface area contributed by atoms with Gasteiger partial charge in [-0.3, -0.25) is 13.9 Å². The molecule has 0 bridgehead atoms. The number of hydrogen-bond donors (Lipinski definition) is 1. The van der Waals surface area contributed by atoms with Gasteiger partial charge in [0.1, 0.15) is 5.82 Å². The van der Waals surface area contributed by atoms with Crippen molar-refractivity contribution in [3.05, 3.63) is 64.6 Å². The smallest absolute Gasteiger partial charge is 0.323 e. The molecule has 1 N–H and O–H groups in total. The minimum absolute atomic E-state index is 0.0214. The predicted octanol–water partition coefficient (Wildman–Crippen LogP) is 2.67. The van der Waals surface area contributed by atoms with Gasteiger partial charge in [-0.15, -0.1) is 5.10 Å². The highest BCUT2D eigenvalue weighted by Gasteiger charge is 2.15. The average Bonchev–Trinajstić information content (AvgIpc) is 3.30. The van der Waals surface area contributed by atoms with Crippen LogP contribution in [0.1, 0.15) is 25.6 Å². The number of rotatable bonds is 7. The number of imidazole rings is 1. The van der Waals surface area contributed by atoms with Gasteiger partial charge in [-0.25, -0.2) is 9.18 Å². The van der Waals surface area contributed by atoms with Crippen LogP contribution < -0.4 is 11.0 Å². The van der Waals surface area contributed by atoms with E-state index in [9.17, 15) is 14.0 Å². The number of aryl methyl sites for hydroxylation is 3. The molecule has 4 rings (SSSR count). The Morgan fingerprint density at radius 3 is 2.45 bits per heavy atom. The maximum Gasteiger partial charge on any atom is 0.329 e. The minimum Gasteiger partial charge on any atom is -0.323 e. The number of anilines is 1. The van der Waals surface area contributed by atoms with Gasteiger partial charge in [0.15, 0.2) is 5.82 Å². The summed E-state index contributed by atoms with van der Waals surface area (Å²) in [6.07, 6.45) is 0.846. The summed E-state index contributed by atoms with van der Waals surface area (Å²) in [6, 6.07) is 11.7. The Kier molecular flexibility index (Phi) is 5.61. The molecule has 4 aromatic rings. The van der Waals surface area contributed by atoms with Crippen LogP contribution in [0.2, 0.25) is 0 Å². The van der Waals surface area contributed by atoms with Crippen molar-refractivity contribution in [3.8, 4) is 5.69 Å². The van der Waals surface area contributed by atoms with Crippen LogP contribution in [0.4, 0.5) is 10.1 Å². The van der Waals surface area contributed by atoms with Gasteiger partial charge in [-0.05, 0) is 54.1 Å². The number of nitrogens with zero attached hydrogens (tertiary/aromatic N) is 6. The molecule has 1 amide bonds. The lowest BCUT2D eigenvalue weighted by Gasteiger charge is -2.09. The van der Waals surface area contributed by atoms with Crippen molar-refractivity contribution in [1.29, 1.82) is 0 Å². The first-order valence-corrected chi connectivity index (χ1v) is 10.0. The third-order valence-corrected chi connectivity index (χ3v) is 5.03. The van der Waals surface area contributed by atoms with Crippen molar-refractivity contribution in [2.75, 3.05) is 5.32 Å². The van der Waals surface area contributed by atoms with E-state index in [1.807, 2.05) is 31.2 Å². The molecule has 0 unspecified atom stereocenters. The first-order chi connectivity index (χ1) is 15.0. The van der Waals surface area contributed by atoms with Gasteiger partial charge >= 0.3 is 5.69 Å². The molecule has 2 aromatic heterocycles. The van der Waals surface area contributed by atoms with Crippen molar-refractivity contribution in [3.63, 3.8) is 0 Å². The fourth-order valence-electron chi connectivity index (χ4n) is 3.57. The zero-order valence-electron chi connectivity index (χ0n) is 17.2. The summed E-state index contributed by atoms with van der Waals surface area (Å²) in [7, 11) is 0. The lowest BCUT2D eigenvalue weighted by molar-refractivity contribution is -0.116. The first kappa shape index (κ1) is 20.5. The summed E-state index contributed by atoms with van der Waals surface area (Å²) in [5, 5.41) is 13.8. The second kappa shape index (κ2) is 8.50. The third kappa shape index (κ3) is 3.96. The molecule has 10 heteroatoms. The third-order valence-electron chi connectivity index (χ3n) is 5.03. The SMILES string of the molecule is CCCn1c(=O)n(CCC(=O)Nc2cc(-n3nnnc3C)ccc2F)c2ccccc21. The zero-order chi connectivity index (χ0) is 22.0. The van der Waals surface area contributed by atoms with Gasteiger partial charge in [0.2, 0.25) is 5.91 Å². The van der Waals surface area contributed by atoms with Crippen LogP contribution in [-0.4, -0.2) is 35.2 Å². The normalized spacial score (nSPS) is 11.2. The molecule has 0 fully saturated rings. The van der Waals surface area contributed by atoms with Gasteiger partial charge in [0.25, 0.3) is 0 Å². The second-order valence-corrected chi connectivity index (χ2v) is 7.17. The maximum atomic E-state index is 14.3. The van der Waals surface area contributed by atoms with Crippen LogP contribution in [-0.2, 0) is 17.9 Å². The Morgan fingerprint density at radius 1 is 1.10 bits per heavy atom. The molecule has 0 aliphatic carbocycles. The van der Waals surface area contributed by atoms with Crippen molar-refractivity contribution in [2.24, 2.45) is 0 Å². The first-order valence-electron chi connectivity index (χ1n) is 10.0. The maximum absolute atomic E-state index is 14.3. The largest absolute Gasteiger partial charge is 0.329 e. The van der Waals surface area contributed by atoms with Gasteiger partial charge in [0, 0.05) is 19.5 Å². The second-order valence-electron chi connectivity index (χ2n) is 7.17. The Bertz CT molecular complexity index is 1300. The van der Waals surface area contributed by atoms with Crippen molar-refractivity contribution >= 4 is 22.6 Å². The Labute approximate surface area is 177 Å². The molecule has 160 valence electrons. The lowest BCUT2D eigenvalue weighted by Crippen LogP contribution is -2.26. The van der Waals surface area contributed by atoms with Crippen molar-refractivity contribution in [2.45, 2.75) is 39.8 Å². The molecule has 0 saturated carbocycles. The number of nitrogens with one attached hydrogen (secondary N) is 1. The quantitative estimate of drug-likeness (QED) is 0.493. The van der Waals surface area contributed by atoms with E-state index in [1.165, 1.54) is 22.9 Å². The topological polar surface area (TPSA) is 99.6 Å². The number of amides is 1. The van der Waals surface area contributed by atoms with E-state index in [-0.39, 0.29) is 24.3 Å². The number of halogens is 1. The summed E-state index contributed by atoms with van der Waals surface area (Å²) in [5.41, 5.74) is 2.01. The Hall–Kier alpha value is -3.82. The number of aromatic nitrogens is 6. The number of para-hydroxylation sites is 2. The highest BCUT2D eigenvalue weighted by molar-refractivity contribution is 5.91. The predicted molar refractivity (Wildman–Crippen MR) is 114 cm³/mol. The molecule has 9 nitrogen and oxygen atoms in total. The summed E-state index contributed by atoms with van der Waals surface area (Å²) in [6.45, 7) is 4.52. The average molecular weight is 423 g/mol. The van der Waals surface area contributed by atoms with Gasteiger partial charge in [-0.1, -0.05) is 19.1 Å². The Morgan fingerprint density at radius 2 is 1.81 bits per heavy atom. The van der Waals surface area contributed by atoms with E-state index in [4.69, 9.17) is 0 Å². The van der Waals surface area contributed by atoms with Gasteiger partial charge < -0.3 is 5.32 Å². The zero-order valence-corrected chi connectivity index (χ0v) is 17.2. The van der Waals surface area contributed by atoms with Crippen molar-refractivity contribution in [1.82, 2.24) is 29.3 Å². The molecule has 0 radical (unpaired) electrons. The Balaban J connectivity index is 1.53. The van der Waals surface area contributed by atoms with E-state index in [0.717, 1.165) is 17.5 Å². The highest BCUT2D eigenvalue weighted by Crippen LogP contribution is 2.20. The molecule has 0 aliphatic rings. The molecule has 0 saturated heterocycles. The van der Waals surface area contributed by atoms with Crippen LogP contribution in [0.5, 0.6) is 0 Å². The van der Waals surface area contributed by atoms with Gasteiger partial charge in [-0.2, -0.15) is 4.68 Å². The minimum atomic E-state index is -0.570. The fourth-order valence-corrected chi connectivity index (χ4v) is 3.57. The van der Waals surface area contributed by atoms with E-state index in [1.54, 1.807) is 16.1 Å². The van der Waals surface area contributed by atoms with E-state index in [2.05, 4.69) is 20.8 Å². The van der Waals surface area contributed by atoms with Crippen LogP contribution in [0.25, 0.3) is 16.7 Å². The number of carbonyl (C=O) groups is 1. The van der Waals surface area contributed by atoms with Crippen LogP contribution in [0.15, 0.2) is 47.3 Å². The van der Waals surface area contributed by atoms with Crippen molar-refractivity contribution < 1.29 is 9.18 Å². The standard InChI is InChI=1S/C21H22FN7O2/c1-3-11-27-18-6-4-5-7-19(18)28(21(27)31)12-10-20(30)23-17-13-15(8-9-16(17)22)29-14(2)24-25-26-29/h4-9,13H,3,10-12H2,1-2H3,(H,23,30). The molecule has 2 aromatic carbocycles. The van der Waals surface area contributed by atoms with Crippen LogP contribution in [0, 0.1) is 12.7 Å². The lowest BCUT2D eigenvalue weighted by atomic mass is 10.2. The van der Waals surface area contributed by atoms with E-state index < -0.39 is 11.7 Å². The molecule has 31 heavy (non-hydrogen) atoms. The van der Waals surface area contributed by atoms with Crippen LogP contribution in [0.3, 0.4) is 0 Å². The summed E-state index contributed by atoms with van der Waals surface area (Å²) in [5.74, 6) is -0.435. The molecule has 0 atom stereocenters.